The Kier molecular flexibility index (Phi) is 5.19. The van der Waals surface area contributed by atoms with E-state index in [9.17, 15) is 18.4 Å². The highest BCUT2D eigenvalue weighted by Crippen LogP contribution is 2.08. The Morgan fingerprint density at radius 2 is 1.73 bits per heavy atom. The monoisotopic (exact) mass is 305 g/mol. The molecule has 0 heterocycles. The van der Waals surface area contributed by atoms with Crippen LogP contribution < -0.4 is 5.32 Å². The average Bonchev–Trinajstić information content (AvgIpc) is 2.48. The minimum atomic E-state index is -0.639. The zero-order valence-corrected chi connectivity index (χ0v) is 11.5. The summed E-state index contributed by atoms with van der Waals surface area (Å²) in [4.78, 5) is 23.1. The van der Waals surface area contributed by atoms with E-state index in [0.29, 0.717) is 11.3 Å². The number of hydrogen-bond donors (Lipinski definition) is 1. The molecule has 0 saturated carbocycles. The number of ether oxygens (including phenoxy) is 1. The highest BCUT2D eigenvalue weighted by atomic mass is 19.1. The van der Waals surface area contributed by atoms with E-state index in [-0.39, 0.29) is 6.42 Å². The van der Waals surface area contributed by atoms with Gasteiger partial charge in [-0.3, -0.25) is 9.59 Å². The van der Waals surface area contributed by atoms with Crippen molar-refractivity contribution in [1.29, 1.82) is 0 Å². The molecule has 1 N–H and O–H groups in total. The van der Waals surface area contributed by atoms with Crippen molar-refractivity contribution in [2.45, 2.75) is 6.42 Å². The van der Waals surface area contributed by atoms with E-state index >= 15 is 0 Å². The lowest BCUT2D eigenvalue weighted by molar-refractivity contribution is -0.146. The summed E-state index contributed by atoms with van der Waals surface area (Å²) in [6.07, 6.45) is -0.123. The molecule has 2 rings (SSSR count). The second-order valence-corrected chi connectivity index (χ2v) is 4.52. The maximum atomic E-state index is 13.0. The fraction of sp³-hybridized carbons (Fsp3) is 0.125. The van der Waals surface area contributed by atoms with Gasteiger partial charge in [0.25, 0.3) is 5.91 Å². The molecule has 0 radical (unpaired) electrons. The number of amides is 1. The third kappa shape index (κ3) is 4.97. The highest BCUT2D eigenvalue weighted by molar-refractivity contribution is 5.92. The van der Waals surface area contributed by atoms with Crippen LogP contribution >= 0.6 is 0 Å². The van der Waals surface area contributed by atoms with Crippen molar-refractivity contribution in [3.8, 4) is 0 Å². The van der Waals surface area contributed by atoms with Gasteiger partial charge in [0, 0.05) is 5.69 Å². The van der Waals surface area contributed by atoms with Crippen LogP contribution in [0, 0.1) is 11.6 Å². The van der Waals surface area contributed by atoms with Gasteiger partial charge in [0.05, 0.1) is 6.42 Å². The molecule has 1 amide bonds. The number of anilines is 1. The van der Waals surface area contributed by atoms with Gasteiger partial charge >= 0.3 is 5.97 Å². The number of halogens is 2. The molecule has 114 valence electrons. The molecule has 22 heavy (non-hydrogen) atoms. The normalized spacial score (nSPS) is 10.1. The van der Waals surface area contributed by atoms with Crippen molar-refractivity contribution in [2.75, 3.05) is 11.9 Å². The average molecular weight is 305 g/mol. The third-order valence-corrected chi connectivity index (χ3v) is 2.73. The van der Waals surface area contributed by atoms with E-state index in [2.05, 4.69) is 5.32 Å². The van der Waals surface area contributed by atoms with E-state index in [0.717, 1.165) is 0 Å². The molecule has 0 aliphatic carbocycles. The van der Waals surface area contributed by atoms with Crippen LogP contribution in [0.15, 0.2) is 48.5 Å². The first-order valence-electron chi connectivity index (χ1n) is 6.48. The maximum absolute atomic E-state index is 13.0. The van der Waals surface area contributed by atoms with Crippen molar-refractivity contribution in [1.82, 2.24) is 0 Å². The summed E-state index contributed by atoms with van der Waals surface area (Å²) < 4.78 is 30.5. The lowest BCUT2D eigenvalue weighted by atomic mass is 10.1. The Morgan fingerprint density at radius 1 is 1.00 bits per heavy atom. The predicted molar refractivity (Wildman–Crippen MR) is 76.1 cm³/mol. The molecule has 2 aromatic carbocycles. The summed E-state index contributed by atoms with van der Waals surface area (Å²) in [6, 6.07) is 10.7. The zero-order valence-electron chi connectivity index (χ0n) is 11.5. The SMILES string of the molecule is O=C(COC(=O)Cc1cccc(F)c1)Nc1ccc(F)cc1. The molecule has 0 saturated heterocycles. The summed E-state index contributed by atoms with van der Waals surface area (Å²) in [5, 5.41) is 2.45. The molecule has 2 aromatic rings. The molecule has 0 aliphatic heterocycles. The summed E-state index contributed by atoms with van der Waals surface area (Å²) >= 11 is 0. The number of benzene rings is 2. The standard InChI is InChI=1S/C16H13F2NO3/c17-12-4-6-14(7-5-12)19-15(20)10-22-16(21)9-11-2-1-3-13(18)8-11/h1-8H,9-10H2,(H,19,20). The van der Waals surface area contributed by atoms with Crippen LogP contribution in [-0.4, -0.2) is 18.5 Å². The fourth-order valence-electron chi connectivity index (χ4n) is 1.74. The summed E-state index contributed by atoms with van der Waals surface area (Å²) in [6.45, 7) is -0.467. The fourth-order valence-corrected chi connectivity index (χ4v) is 1.74. The molecule has 0 bridgehead atoms. The molecule has 0 aliphatic rings. The van der Waals surface area contributed by atoms with E-state index in [4.69, 9.17) is 4.74 Å². The quantitative estimate of drug-likeness (QED) is 0.864. The van der Waals surface area contributed by atoms with Crippen LogP contribution in [0.2, 0.25) is 0 Å². The van der Waals surface area contributed by atoms with Gasteiger partial charge in [-0.15, -0.1) is 0 Å². The van der Waals surface area contributed by atoms with Crippen LogP contribution in [-0.2, 0) is 20.7 Å². The van der Waals surface area contributed by atoms with E-state index in [1.807, 2.05) is 0 Å². The number of rotatable bonds is 5. The Hall–Kier alpha value is -2.76. The number of hydrogen-bond acceptors (Lipinski definition) is 3. The van der Waals surface area contributed by atoms with Gasteiger partial charge in [-0.05, 0) is 42.0 Å². The second kappa shape index (κ2) is 7.31. The second-order valence-electron chi connectivity index (χ2n) is 4.52. The Morgan fingerprint density at radius 3 is 2.41 bits per heavy atom. The maximum Gasteiger partial charge on any atom is 0.310 e. The summed E-state index contributed by atoms with van der Waals surface area (Å²) in [7, 11) is 0. The van der Waals surface area contributed by atoms with Gasteiger partial charge < -0.3 is 10.1 Å². The molecule has 0 fully saturated rings. The number of esters is 1. The molecule has 4 nitrogen and oxygen atoms in total. The third-order valence-electron chi connectivity index (χ3n) is 2.73. The predicted octanol–water partition coefficient (Wildman–Crippen LogP) is 2.69. The summed E-state index contributed by atoms with van der Waals surface area (Å²) in [5.41, 5.74) is 0.858. The zero-order chi connectivity index (χ0) is 15.9. The summed E-state index contributed by atoms with van der Waals surface area (Å²) in [5.74, 6) is -2.04. The molecule has 0 unspecified atom stereocenters. The molecule has 6 heteroatoms. The lowest BCUT2D eigenvalue weighted by Gasteiger charge is -2.06. The first kappa shape index (κ1) is 15.6. The van der Waals surface area contributed by atoms with Crippen molar-refractivity contribution < 1.29 is 23.1 Å². The molecule has 0 atom stereocenters. The van der Waals surface area contributed by atoms with Crippen LogP contribution in [0.25, 0.3) is 0 Å². The van der Waals surface area contributed by atoms with Gasteiger partial charge in [-0.25, -0.2) is 8.78 Å². The van der Waals surface area contributed by atoms with E-state index in [1.54, 1.807) is 6.07 Å². The largest absolute Gasteiger partial charge is 0.455 e. The number of carbonyl (C=O) groups excluding carboxylic acids is 2. The molecular weight excluding hydrogens is 292 g/mol. The Balaban J connectivity index is 1.78. The van der Waals surface area contributed by atoms with Gasteiger partial charge in [0.2, 0.25) is 0 Å². The van der Waals surface area contributed by atoms with Crippen molar-refractivity contribution in [3.63, 3.8) is 0 Å². The Labute approximate surface area is 125 Å². The van der Waals surface area contributed by atoms with E-state index < -0.39 is 30.1 Å². The number of carbonyl (C=O) groups is 2. The van der Waals surface area contributed by atoms with Crippen LogP contribution in [0.3, 0.4) is 0 Å². The molecule has 0 spiro atoms. The Bertz CT molecular complexity index is 671. The van der Waals surface area contributed by atoms with E-state index in [1.165, 1.54) is 42.5 Å². The first-order chi connectivity index (χ1) is 10.5. The number of nitrogens with one attached hydrogen (secondary N) is 1. The van der Waals surface area contributed by atoms with Crippen molar-refractivity contribution >= 4 is 17.6 Å². The van der Waals surface area contributed by atoms with Gasteiger partial charge in [-0.2, -0.15) is 0 Å². The molecular formula is C16H13F2NO3. The first-order valence-corrected chi connectivity index (χ1v) is 6.48. The van der Waals surface area contributed by atoms with Gasteiger partial charge in [0.1, 0.15) is 11.6 Å². The van der Waals surface area contributed by atoms with Crippen LogP contribution in [0.4, 0.5) is 14.5 Å². The molecule has 0 aromatic heterocycles. The van der Waals surface area contributed by atoms with Gasteiger partial charge in [0.15, 0.2) is 6.61 Å². The van der Waals surface area contributed by atoms with Crippen molar-refractivity contribution in [3.05, 3.63) is 65.7 Å². The smallest absolute Gasteiger partial charge is 0.310 e. The highest BCUT2D eigenvalue weighted by Gasteiger charge is 2.09. The van der Waals surface area contributed by atoms with Crippen molar-refractivity contribution in [2.24, 2.45) is 0 Å². The minimum absolute atomic E-state index is 0.123. The van der Waals surface area contributed by atoms with Crippen LogP contribution in [0.5, 0.6) is 0 Å². The van der Waals surface area contributed by atoms with Crippen LogP contribution in [0.1, 0.15) is 5.56 Å². The topological polar surface area (TPSA) is 55.4 Å². The van der Waals surface area contributed by atoms with Gasteiger partial charge in [-0.1, -0.05) is 12.1 Å². The minimum Gasteiger partial charge on any atom is -0.455 e. The lowest BCUT2D eigenvalue weighted by Crippen LogP contribution is -2.21.